The van der Waals surface area contributed by atoms with Crippen LogP contribution < -0.4 is 21.3 Å². The van der Waals surface area contributed by atoms with Crippen LogP contribution >= 0.6 is 22.7 Å². The summed E-state index contributed by atoms with van der Waals surface area (Å²) < 4.78 is 0. The molecule has 0 saturated carbocycles. The van der Waals surface area contributed by atoms with Crippen LogP contribution in [0.4, 0.5) is 21.6 Å². The Morgan fingerprint density at radius 1 is 0.577 bits per heavy atom. The third-order valence-electron chi connectivity index (χ3n) is 9.54. The highest BCUT2D eigenvalue weighted by molar-refractivity contribution is 7.14. The number of hydrogen-bond acceptors (Lipinski definition) is 10. The van der Waals surface area contributed by atoms with Crippen LogP contribution in [0.3, 0.4) is 0 Å². The molecule has 0 atom stereocenters. The number of aromatic nitrogens is 2. The van der Waals surface area contributed by atoms with Gasteiger partial charge in [-0.2, -0.15) is 0 Å². The van der Waals surface area contributed by atoms with Gasteiger partial charge < -0.3 is 31.1 Å². The highest BCUT2D eigenvalue weighted by atomic mass is 32.1. The summed E-state index contributed by atoms with van der Waals surface area (Å²) >= 11 is 3.40. The molecule has 2 saturated heterocycles. The van der Waals surface area contributed by atoms with E-state index in [0.29, 0.717) is 12.8 Å². The van der Waals surface area contributed by atoms with E-state index in [-0.39, 0.29) is 22.6 Å². The molecule has 2 aromatic carbocycles. The van der Waals surface area contributed by atoms with Crippen molar-refractivity contribution in [3.63, 3.8) is 0 Å². The van der Waals surface area contributed by atoms with E-state index in [1.807, 2.05) is 58.3 Å². The highest BCUT2D eigenvalue weighted by Gasteiger charge is 2.26. The quantitative estimate of drug-likeness (QED) is 0.193. The lowest BCUT2D eigenvalue weighted by Crippen LogP contribution is -2.48. The molecule has 0 aliphatic carbocycles. The minimum absolute atomic E-state index is 0.0780. The lowest BCUT2D eigenvalue weighted by Gasteiger charge is -2.34. The maximum atomic E-state index is 12.5. The van der Waals surface area contributed by atoms with E-state index < -0.39 is 0 Å². The summed E-state index contributed by atoms with van der Waals surface area (Å²) in [6, 6.07) is 15.5. The Bertz CT molecular complexity index is 1610. The number of nitrogens with two attached hydrogens (primary N) is 2. The first kappa shape index (κ1) is 39.1. The largest absolute Gasteiger partial charge is 0.399 e. The van der Waals surface area contributed by atoms with Gasteiger partial charge in [-0.1, -0.05) is 65.8 Å². The second-order valence-electron chi connectivity index (χ2n) is 15.7. The lowest BCUT2D eigenvalue weighted by atomic mass is 9.93. The minimum Gasteiger partial charge on any atom is -0.399 e. The Hall–Kier alpha value is -4.16. The highest BCUT2D eigenvalue weighted by Crippen LogP contribution is 2.30. The molecular weight excluding hydrogens is 689 g/mol. The summed E-state index contributed by atoms with van der Waals surface area (Å²) in [5.74, 6) is 0.465. The fourth-order valence-corrected chi connectivity index (χ4v) is 8.20. The van der Waals surface area contributed by atoms with Crippen molar-refractivity contribution >= 4 is 56.1 Å². The molecule has 2 amide bonds. The molecule has 6 rings (SSSR count). The average molecular weight is 745 g/mol. The standard InChI is InChI=1S/2C20H28N4OS/c2*1-20(2,3)17-14-26-19(22-17)24-12-10-23(11-13-24)18(25)9-6-15-4-7-16(21)8-5-15/h2*4-5,7-8,14H,6,9-13,21H2,1-3H3. The third kappa shape index (κ3) is 10.9. The smallest absolute Gasteiger partial charge is 0.223 e. The molecule has 2 aromatic heterocycles. The zero-order valence-corrected chi connectivity index (χ0v) is 33.4. The van der Waals surface area contributed by atoms with Crippen molar-refractivity contribution in [2.75, 3.05) is 73.6 Å². The second kappa shape index (κ2) is 17.1. The van der Waals surface area contributed by atoms with Gasteiger partial charge >= 0.3 is 0 Å². The monoisotopic (exact) mass is 744 g/mol. The Kier molecular flexibility index (Phi) is 12.9. The number of carbonyl (C=O) groups excluding carboxylic acids is 2. The fourth-order valence-electron chi connectivity index (χ4n) is 5.99. The molecule has 0 spiro atoms. The molecule has 10 nitrogen and oxygen atoms in total. The Morgan fingerprint density at radius 3 is 1.19 bits per heavy atom. The van der Waals surface area contributed by atoms with E-state index in [0.717, 1.165) is 109 Å². The normalized spacial score (nSPS) is 15.3. The summed E-state index contributed by atoms with van der Waals surface area (Å²) in [5, 5.41) is 6.45. The molecule has 2 aliphatic rings. The fraction of sp³-hybridized carbons (Fsp3) is 0.500. The van der Waals surface area contributed by atoms with Crippen molar-refractivity contribution in [3.8, 4) is 0 Å². The summed E-state index contributed by atoms with van der Waals surface area (Å²) in [6.45, 7) is 19.6. The van der Waals surface area contributed by atoms with Gasteiger partial charge in [-0.3, -0.25) is 9.59 Å². The van der Waals surface area contributed by atoms with Crippen LogP contribution in [0.15, 0.2) is 59.3 Å². The zero-order valence-electron chi connectivity index (χ0n) is 31.7. The van der Waals surface area contributed by atoms with Crippen LogP contribution in [-0.4, -0.2) is 83.9 Å². The molecule has 4 N–H and O–H groups in total. The van der Waals surface area contributed by atoms with Crippen LogP contribution in [0, 0.1) is 0 Å². The van der Waals surface area contributed by atoms with Crippen molar-refractivity contribution in [1.82, 2.24) is 19.8 Å². The maximum absolute atomic E-state index is 12.5. The number of thiazole rings is 2. The van der Waals surface area contributed by atoms with Gasteiger partial charge in [0.2, 0.25) is 11.8 Å². The topological polar surface area (TPSA) is 125 Å². The van der Waals surface area contributed by atoms with Crippen LogP contribution in [0.2, 0.25) is 0 Å². The Balaban J connectivity index is 0.000000201. The lowest BCUT2D eigenvalue weighted by molar-refractivity contribution is -0.132. The molecule has 2 fully saturated rings. The second-order valence-corrected chi connectivity index (χ2v) is 17.4. The van der Waals surface area contributed by atoms with Gasteiger partial charge in [-0.15, -0.1) is 22.7 Å². The average Bonchev–Trinajstić information content (AvgIpc) is 3.83. The van der Waals surface area contributed by atoms with Gasteiger partial charge in [0.15, 0.2) is 10.3 Å². The van der Waals surface area contributed by atoms with E-state index in [1.54, 1.807) is 22.7 Å². The van der Waals surface area contributed by atoms with E-state index in [2.05, 4.69) is 62.1 Å². The number of piperazine rings is 2. The first-order valence-corrected chi connectivity index (χ1v) is 20.1. The number of amides is 2. The van der Waals surface area contributed by atoms with Gasteiger partial charge in [0.05, 0.1) is 11.4 Å². The number of carbonyl (C=O) groups is 2. The van der Waals surface area contributed by atoms with E-state index in [4.69, 9.17) is 21.4 Å². The summed E-state index contributed by atoms with van der Waals surface area (Å²) in [4.78, 5) is 43.1. The van der Waals surface area contributed by atoms with Crippen molar-refractivity contribution in [3.05, 3.63) is 81.8 Å². The minimum atomic E-state index is 0.0780. The van der Waals surface area contributed by atoms with Gasteiger partial charge in [0.1, 0.15) is 0 Å². The van der Waals surface area contributed by atoms with E-state index >= 15 is 0 Å². The molecule has 4 heterocycles. The maximum Gasteiger partial charge on any atom is 0.223 e. The number of rotatable bonds is 8. The van der Waals surface area contributed by atoms with Gasteiger partial charge in [-0.25, -0.2) is 9.97 Å². The van der Waals surface area contributed by atoms with Gasteiger partial charge in [-0.05, 0) is 48.2 Å². The molecule has 0 radical (unpaired) electrons. The van der Waals surface area contributed by atoms with Crippen LogP contribution in [0.1, 0.15) is 76.9 Å². The SMILES string of the molecule is CC(C)(C)c1csc(N2CCN(C(=O)CCc3ccc(N)cc3)CC2)n1.CC(C)(C)c1csc(N2CCN(C(=O)CCc3ccc(N)cc3)CC2)n1. The van der Waals surface area contributed by atoms with Crippen molar-refractivity contribution in [2.45, 2.75) is 78.1 Å². The first-order chi connectivity index (χ1) is 24.7. The van der Waals surface area contributed by atoms with Crippen LogP contribution in [0.5, 0.6) is 0 Å². The molecule has 2 aliphatic heterocycles. The van der Waals surface area contributed by atoms with E-state index in [9.17, 15) is 9.59 Å². The number of nitrogens with zero attached hydrogens (tertiary/aromatic N) is 6. The number of aryl methyl sites for hydroxylation is 2. The Labute approximate surface area is 317 Å². The summed E-state index contributed by atoms with van der Waals surface area (Å²) in [7, 11) is 0. The van der Waals surface area contributed by atoms with Crippen LogP contribution in [-0.2, 0) is 33.3 Å². The van der Waals surface area contributed by atoms with Crippen molar-refractivity contribution in [1.29, 1.82) is 0 Å². The molecule has 4 aromatic rings. The number of nitrogen functional groups attached to an aromatic ring is 2. The molecule has 52 heavy (non-hydrogen) atoms. The van der Waals surface area contributed by atoms with Crippen molar-refractivity contribution < 1.29 is 9.59 Å². The first-order valence-electron chi connectivity index (χ1n) is 18.3. The molecule has 0 unspecified atom stereocenters. The van der Waals surface area contributed by atoms with Gasteiger partial charge in [0.25, 0.3) is 0 Å². The Morgan fingerprint density at radius 2 is 0.904 bits per heavy atom. The summed E-state index contributed by atoms with van der Waals surface area (Å²) in [5.41, 5.74) is 17.7. The summed E-state index contributed by atoms with van der Waals surface area (Å²) in [6.07, 6.45) is 2.63. The number of hydrogen-bond donors (Lipinski definition) is 2. The predicted molar refractivity (Wildman–Crippen MR) is 218 cm³/mol. The van der Waals surface area contributed by atoms with E-state index in [1.165, 1.54) is 0 Å². The van der Waals surface area contributed by atoms with Gasteiger partial charge in [0, 0.05) is 98.2 Å². The zero-order chi connectivity index (χ0) is 37.5. The third-order valence-corrected chi connectivity index (χ3v) is 11.3. The molecule has 12 heteroatoms. The van der Waals surface area contributed by atoms with Crippen LogP contribution in [0.25, 0.3) is 0 Å². The molecule has 0 bridgehead atoms. The number of anilines is 4. The molecule has 280 valence electrons. The number of benzene rings is 2. The van der Waals surface area contributed by atoms with Crippen molar-refractivity contribution in [2.24, 2.45) is 0 Å². The predicted octanol–water partition coefficient (Wildman–Crippen LogP) is 6.61. The molecular formula is C40H56N8O2S2.